The number of aliphatic carboxylic acids is 1. The molecule has 0 radical (unpaired) electrons. The van der Waals surface area contributed by atoms with Crippen molar-refractivity contribution < 1.29 is 9.90 Å². The molecule has 0 saturated carbocycles. The van der Waals surface area contributed by atoms with Crippen molar-refractivity contribution in [2.75, 3.05) is 5.32 Å². The van der Waals surface area contributed by atoms with Crippen LogP contribution in [0.25, 0.3) is 10.9 Å². The molecule has 5 nitrogen and oxygen atoms in total. The van der Waals surface area contributed by atoms with E-state index in [1.807, 2.05) is 32.0 Å². The highest BCUT2D eigenvalue weighted by molar-refractivity contribution is 9.10. The number of nitrogens with zero attached hydrogens (tertiary/aromatic N) is 2. The highest BCUT2D eigenvalue weighted by atomic mass is 79.9. The average molecular weight is 338 g/mol. The third kappa shape index (κ3) is 3.07. The largest absolute Gasteiger partial charge is 0.480 e. The van der Waals surface area contributed by atoms with Crippen molar-refractivity contribution in [3.05, 3.63) is 29.0 Å². The minimum absolute atomic E-state index is 0.00432. The van der Waals surface area contributed by atoms with Gasteiger partial charge < -0.3 is 10.4 Å². The molecular formula is C14H16BrN3O2. The molecule has 0 spiro atoms. The first-order valence-corrected chi connectivity index (χ1v) is 7.21. The lowest BCUT2D eigenvalue weighted by Gasteiger charge is -2.21. The summed E-state index contributed by atoms with van der Waals surface area (Å²) in [6.45, 7) is 3.88. The quantitative estimate of drug-likeness (QED) is 0.875. The van der Waals surface area contributed by atoms with Crippen molar-refractivity contribution in [3.8, 4) is 0 Å². The monoisotopic (exact) mass is 337 g/mol. The zero-order valence-corrected chi connectivity index (χ0v) is 12.9. The molecule has 106 valence electrons. The van der Waals surface area contributed by atoms with E-state index in [2.05, 4.69) is 31.2 Å². The van der Waals surface area contributed by atoms with Gasteiger partial charge in [-0.15, -0.1) is 0 Å². The standard InChI is InChI=1S/C14H16BrN3O2/c1-3-8(2)12(14(19)20)18-13-10-6-9(15)4-5-11(10)16-7-17-13/h4-8,12H,3H2,1-2H3,(H,19,20)(H,16,17,18)/t8-,12-/m0/s1. The third-order valence-corrected chi connectivity index (χ3v) is 3.86. The second-order valence-electron chi connectivity index (χ2n) is 4.73. The van der Waals surface area contributed by atoms with Crippen LogP contribution in [-0.4, -0.2) is 27.1 Å². The van der Waals surface area contributed by atoms with Gasteiger partial charge in [0.05, 0.1) is 5.52 Å². The van der Waals surface area contributed by atoms with Crippen LogP contribution in [0, 0.1) is 5.92 Å². The van der Waals surface area contributed by atoms with Gasteiger partial charge in [-0.25, -0.2) is 14.8 Å². The smallest absolute Gasteiger partial charge is 0.326 e. The minimum atomic E-state index is -0.874. The van der Waals surface area contributed by atoms with E-state index in [-0.39, 0.29) is 5.92 Å². The Morgan fingerprint density at radius 3 is 2.85 bits per heavy atom. The molecule has 2 rings (SSSR count). The molecular weight excluding hydrogens is 322 g/mol. The number of anilines is 1. The molecule has 0 saturated heterocycles. The maximum atomic E-state index is 11.4. The van der Waals surface area contributed by atoms with Crippen LogP contribution in [0.1, 0.15) is 20.3 Å². The van der Waals surface area contributed by atoms with Crippen LogP contribution >= 0.6 is 15.9 Å². The van der Waals surface area contributed by atoms with E-state index >= 15 is 0 Å². The highest BCUT2D eigenvalue weighted by Crippen LogP contribution is 2.25. The van der Waals surface area contributed by atoms with E-state index in [0.29, 0.717) is 5.82 Å². The van der Waals surface area contributed by atoms with E-state index in [1.54, 1.807) is 0 Å². The van der Waals surface area contributed by atoms with Crippen molar-refractivity contribution in [1.29, 1.82) is 0 Å². The molecule has 0 amide bonds. The minimum Gasteiger partial charge on any atom is -0.480 e. The molecule has 0 aliphatic carbocycles. The van der Waals surface area contributed by atoms with Gasteiger partial charge in [-0.05, 0) is 24.1 Å². The zero-order valence-electron chi connectivity index (χ0n) is 11.3. The topological polar surface area (TPSA) is 75.1 Å². The lowest BCUT2D eigenvalue weighted by atomic mass is 9.99. The molecule has 1 aromatic carbocycles. The predicted molar refractivity (Wildman–Crippen MR) is 81.7 cm³/mol. The first-order valence-electron chi connectivity index (χ1n) is 6.42. The Morgan fingerprint density at radius 1 is 1.45 bits per heavy atom. The van der Waals surface area contributed by atoms with Gasteiger partial charge in [0.25, 0.3) is 0 Å². The Balaban J connectivity index is 2.42. The second-order valence-corrected chi connectivity index (χ2v) is 5.65. The van der Waals surface area contributed by atoms with E-state index in [0.717, 1.165) is 21.8 Å². The molecule has 0 aliphatic heterocycles. The molecule has 6 heteroatoms. The van der Waals surface area contributed by atoms with E-state index in [1.165, 1.54) is 6.33 Å². The molecule has 0 fully saturated rings. The fourth-order valence-electron chi connectivity index (χ4n) is 1.97. The van der Waals surface area contributed by atoms with Crippen molar-refractivity contribution in [2.45, 2.75) is 26.3 Å². The molecule has 2 aromatic rings. The Labute approximate surface area is 125 Å². The predicted octanol–water partition coefficient (Wildman–Crippen LogP) is 3.30. The van der Waals surface area contributed by atoms with E-state index < -0.39 is 12.0 Å². The first kappa shape index (κ1) is 14.7. The molecule has 1 aromatic heterocycles. The van der Waals surface area contributed by atoms with Crippen molar-refractivity contribution in [2.24, 2.45) is 5.92 Å². The molecule has 0 unspecified atom stereocenters. The number of hydrogen-bond acceptors (Lipinski definition) is 4. The van der Waals surface area contributed by atoms with Crippen LogP contribution in [-0.2, 0) is 4.79 Å². The van der Waals surface area contributed by atoms with Crippen molar-refractivity contribution >= 4 is 38.6 Å². The summed E-state index contributed by atoms with van der Waals surface area (Å²) in [5.41, 5.74) is 0.777. The SMILES string of the molecule is CC[C@H](C)[C@H](Nc1ncnc2ccc(Br)cc12)C(=O)O. The third-order valence-electron chi connectivity index (χ3n) is 3.37. The Hall–Kier alpha value is -1.69. The van der Waals surface area contributed by atoms with Crippen LogP contribution in [0.15, 0.2) is 29.0 Å². The summed E-state index contributed by atoms with van der Waals surface area (Å²) < 4.78 is 0.901. The molecule has 2 N–H and O–H groups in total. The lowest BCUT2D eigenvalue weighted by molar-refractivity contribution is -0.139. The summed E-state index contributed by atoms with van der Waals surface area (Å²) in [7, 11) is 0. The zero-order chi connectivity index (χ0) is 14.7. The number of rotatable bonds is 5. The molecule has 0 bridgehead atoms. The highest BCUT2D eigenvalue weighted by Gasteiger charge is 2.24. The van der Waals surface area contributed by atoms with Crippen LogP contribution in [0.3, 0.4) is 0 Å². The number of aromatic nitrogens is 2. The summed E-state index contributed by atoms with van der Waals surface area (Å²) >= 11 is 3.40. The summed E-state index contributed by atoms with van der Waals surface area (Å²) in [5.74, 6) is -0.324. The van der Waals surface area contributed by atoms with Crippen LogP contribution in [0.2, 0.25) is 0 Å². The molecule has 1 heterocycles. The van der Waals surface area contributed by atoms with Crippen molar-refractivity contribution in [1.82, 2.24) is 9.97 Å². The Bertz CT molecular complexity index is 633. The average Bonchev–Trinajstić information content (AvgIpc) is 2.43. The summed E-state index contributed by atoms with van der Waals surface area (Å²) in [4.78, 5) is 19.8. The Kier molecular flexibility index (Phi) is 4.54. The first-order chi connectivity index (χ1) is 9.52. The number of carboxylic acids is 1. The molecule has 0 aliphatic rings. The van der Waals surface area contributed by atoms with Gasteiger partial charge >= 0.3 is 5.97 Å². The number of carbonyl (C=O) groups is 1. The van der Waals surface area contributed by atoms with Crippen molar-refractivity contribution in [3.63, 3.8) is 0 Å². The summed E-state index contributed by atoms with van der Waals surface area (Å²) in [6.07, 6.45) is 2.21. The summed E-state index contributed by atoms with van der Waals surface area (Å²) in [5, 5.41) is 13.2. The normalized spacial score (nSPS) is 13.9. The van der Waals surface area contributed by atoms with Gasteiger partial charge in [0.2, 0.25) is 0 Å². The number of nitrogens with one attached hydrogen (secondary N) is 1. The number of halogens is 1. The number of fused-ring (bicyclic) bond motifs is 1. The maximum absolute atomic E-state index is 11.4. The Morgan fingerprint density at radius 2 is 2.20 bits per heavy atom. The maximum Gasteiger partial charge on any atom is 0.326 e. The van der Waals surface area contributed by atoms with Gasteiger partial charge in [0.1, 0.15) is 18.2 Å². The fourth-order valence-corrected chi connectivity index (χ4v) is 2.34. The van der Waals surface area contributed by atoms with Crippen LogP contribution in [0.5, 0.6) is 0 Å². The van der Waals surface area contributed by atoms with E-state index in [9.17, 15) is 9.90 Å². The fraction of sp³-hybridized carbons (Fsp3) is 0.357. The van der Waals surface area contributed by atoms with Crippen LogP contribution in [0.4, 0.5) is 5.82 Å². The number of benzene rings is 1. The van der Waals surface area contributed by atoms with Gasteiger partial charge in [0, 0.05) is 9.86 Å². The van der Waals surface area contributed by atoms with E-state index in [4.69, 9.17) is 0 Å². The van der Waals surface area contributed by atoms with Crippen LogP contribution < -0.4 is 5.32 Å². The summed E-state index contributed by atoms with van der Waals surface area (Å²) in [6, 6.07) is 4.97. The number of hydrogen-bond donors (Lipinski definition) is 2. The van der Waals surface area contributed by atoms with Gasteiger partial charge in [-0.1, -0.05) is 36.2 Å². The van der Waals surface area contributed by atoms with Gasteiger partial charge in [-0.2, -0.15) is 0 Å². The molecule has 20 heavy (non-hydrogen) atoms. The molecule has 2 atom stereocenters. The second kappa shape index (κ2) is 6.17. The van der Waals surface area contributed by atoms with Gasteiger partial charge in [0.15, 0.2) is 0 Å². The van der Waals surface area contributed by atoms with Gasteiger partial charge in [-0.3, -0.25) is 0 Å². The lowest BCUT2D eigenvalue weighted by Crippen LogP contribution is -2.35. The number of carboxylic acid groups (broad SMARTS) is 1.